The van der Waals surface area contributed by atoms with Gasteiger partial charge in [0.25, 0.3) is 11.8 Å². The zero-order chi connectivity index (χ0) is 22.2. The molecule has 7 heteroatoms. The van der Waals surface area contributed by atoms with Crippen molar-refractivity contribution in [1.29, 1.82) is 0 Å². The highest BCUT2D eigenvalue weighted by Crippen LogP contribution is 2.22. The number of methoxy groups -OCH3 is 1. The van der Waals surface area contributed by atoms with Gasteiger partial charge in [0.2, 0.25) is 0 Å². The second-order valence-electron chi connectivity index (χ2n) is 6.81. The van der Waals surface area contributed by atoms with E-state index in [0.717, 1.165) is 11.1 Å². The number of carbonyl (C=O) groups is 3. The highest BCUT2D eigenvalue weighted by atomic mass is 16.5. The summed E-state index contributed by atoms with van der Waals surface area (Å²) in [5.74, 6) is -1.68. The molecule has 0 radical (unpaired) electrons. The summed E-state index contributed by atoms with van der Waals surface area (Å²) in [6.45, 7) is -0.256. The van der Waals surface area contributed by atoms with E-state index in [2.05, 4.69) is 15.4 Å². The van der Waals surface area contributed by atoms with Gasteiger partial charge < -0.3 is 20.5 Å². The summed E-state index contributed by atoms with van der Waals surface area (Å²) in [6, 6.07) is 21.0. The van der Waals surface area contributed by atoms with Gasteiger partial charge in [0, 0.05) is 11.3 Å². The Kier molecular flexibility index (Phi) is 7.01. The number of esters is 1. The van der Waals surface area contributed by atoms with Crippen molar-refractivity contribution in [3.8, 4) is 5.75 Å². The lowest BCUT2D eigenvalue weighted by Crippen LogP contribution is -2.30. The van der Waals surface area contributed by atoms with Gasteiger partial charge in [-0.15, -0.1) is 0 Å². The lowest BCUT2D eigenvalue weighted by Gasteiger charge is -2.10. The first-order chi connectivity index (χ1) is 15.0. The number of anilines is 1. The molecule has 0 aliphatic carbocycles. The second kappa shape index (κ2) is 10.1. The molecule has 0 fully saturated rings. The van der Waals surface area contributed by atoms with E-state index in [1.807, 2.05) is 30.3 Å². The third-order valence-electron chi connectivity index (χ3n) is 4.56. The molecule has 0 bridgehead atoms. The molecule has 0 heterocycles. The van der Waals surface area contributed by atoms with Crippen molar-refractivity contribution in [3.05, 3.63) is 95.1 Å². The number of hydrogen-bond donors (Lipinski definition) is 3. The lowest BCUT2D eigenvalue weighted by atomic mass is 10.0. The summed E-state index contributed by atoms with van der Waals surface area (Å²) in [6.07, 6.45) is 0.622. The van der Waals surface area contributed by atoms with Crippen LogP contribution in [0.15, 0.2) is 72.8 Å². The minimum atomic E-state index is -0.566. The Morgan fingerprint density at radius 3 is 2.39 bits per heavy atom. The van der Waals surface area contributed by atoms with Crippen molar-refractivity contribution in [1.82, 2.24) is 5.32 Å². The van der Waals surface area contributed by atoms with Gasteiger partial charge in [-0.2, -0.15) is 0 Å². The van der Waals surface area contributed by atoms with Gasteiger partial charge in [-0.3, -0.25) is 14.4 Å². The van der Waals surface area contributed by atoms with E-state index in [0.29, 0.717) is 12.1 Å². The number of carbonyl (C=O) groups excluding carboxylic acids is 3. The molecule has 3 aromatic carbocycles. The predicted molar refractivity (Wildman–Crippen MR) is 116 cm³/mol. The van der Waals surface area contributed by atoms with Crippen LogP contribution >= 0.6 is 0 Å². The van der Waals surface area contributed by atoms with Gasteiger partial charge in [0.15, 0.2) is 0 Å². The zero-order valence-corrected chi connectivity index (χ0v) is 16.9. The highest BCUT2D eigenvalue weighted by molar-refractivity contribution is 6.07. The van der Waals surface area contributed by atoms with Crippen LogP contribution in [0.1, 0.15) is 31.8 Å². The largest absolute Gasteiger partial charge is 0.507 e. The lowest BCUT2D eigenvalue weighted by molar-refractivity contribution is -0.139. The summed E-state index contributed by atoms with van der Waals surface area (Å²) in [5, 5.41) is 15.3. The molecule has 158 valence electrons. The Morgan fingerprint density at radius 1 is 0.871 bits per heavy atom. The molecule has 0 spiro atoms. The molecule has 0 saturated carbocycles. The Morgan fingerprint density at radius 2 is 1.65 bits per heavy atom. The molecule has 2 amide bonds. The summed E-state index contributed by atoms with van der Waals surface area (Å²) in [7, 11) is 1.23. The van der Waals surface area contributed by atoms with E-state index in [9.17, 15) is 19.5 Å². The van der Waals surface area contributed by atoms with Crippen LogP contribution in [0.25, 0.3) is 0 Å². The first kappa shape index (κ1) is 21.6. The van der Waals surface area contributed by atoms with Crippen LogP contribution in [0.2, 0.25) is 0 Å². The second-order valence-corrected chi connectivity index (χ2v) is 6.81. The number of benzene rings is 3. The van der Waals surface area contributed by atoms with Gasteiger partial charge in [-0.05, 0) is 47.9 Å². The number of rotatable bonds is 7. The molecule has 0 atom stereocenters. The van der Waals surface area contributed by atoms with Crippen molar-refractivity contribution in [2.75, 3.05) is 19.0 Å². The fraction of sp³-hybridized carbons (Fsp3) is 0.125. The van der Waals surface area contributed by atoms with Crippen molar-refractivity contribution in [2.24, 2.45) is 0 Å². The van der Waals surface area contributed by atoms with Crippen molar-refractivity contribution < 1.29 is 24.2 Å². The molecule has 3 rings (SSSR count). The summed E-state index contributed by atoms with van der Waals surface area (Å²) < 4.78 is 4.49. The first-order valence-corrected chi connectivity index (χ1v) is 9.58. The van der Waals surface area contributed by atoms with Gasteiger partial charge in [-0.25, -0.2) is 0 Å². The number of ether oxygens (including phenoxy) is 1. The topological polar surface area (TPSA) is 105 Å². The molecular weight excluding hydrogens is 396 g/mol. The normalized spacial score (nSPS) is 10.2. The standard InChI is InChI=1S/C24H22N2O5/c1-31-22(28)15-25-23(29)18-8-5-9-19(14-18)26-24(30)20-13-17(10-11-21(20)27)12-16-6-3-2-4-7-16/h2-11,13-14,27H,12,15H2,1H3,(H,25,29)(H,26,30). The fourth-order valence-corrected chi connectivity index (χ4v) is 2.97. The first-order valence-electron chi connectivity index (χ1n) is 9.58. The number of nitrogens with one attached hydrogen (secondary N) is 2. The molecule has 0 saturated heterocycles. The van der Waals surface area contributed by atoms with Crippen LogP contribution in [0.5, 0.6) is 5.75 Å². The average molecular weight is 418 g/mol. The van der Waals surface area contributed by atoms with E-state index >= 15 is 0 Å². The Hall–Kier alpha value is -4.13. The predicted octanol–water partition coefficient (Wildman–Crippen LogP) is 3.14. The van der Waals surface area contributed by atoms with Crippen LogP contribution in [0.3, 0.4) is 0 Å². The van der Waals surface area contributed by atoms with E-state index in [1.54, 1.807) is 30.3 Å². The van der Waals surface area contributed by atoms with Crippen molar-refractivity contribution in [3.63, 3.8) is 0 Å². The molecule has 3 N–H and O–H groups in total. The molecule has 0 aliphatic heterocycles. The number of aromatic hydroxyl groups is 1. The summed E-state index contributed by atoms with van der Waals surface area (Å²) in [5.41, 5.74) is 2.75. The van der Waals surface area contributed by atoms with Gasteiger partial charge >= 0.3 is 5.97 Å². The average Bonchev–Trinajstić information content (AvgIpc) is 2.79. The third-order valence-corrected chi connectivity index (χ3v) is 4.56. The minimum absolute atomic E-state index is 0.133. The van der Waals surface area contributed by atoms with E-state index in [4.69, 9.17) is 0 Å². The smallest absolute Gasteiger partial charge is 0.325 e. The number of phenols is 1. The number of hydrogen-bond acceptors (Lipinski definition) is 5. The van der Waals surface area contributed by atoms with Crippen LogP contribution in [0.4, 0.5) is 5.69 Å². The van der Waals surface area contributed by atoms with Gasteiger partial charge in [-0.1, -0.05) is 42.5 Å². The molecule has 0 aliphatic rings. The van der Waals surface area contributed by atoms with E-state index < -0.39 is 17.8 Å². The van der Waals surface area contributed by atoms with E-state index in [-0.39, 0.29) is 23.4 Å². The van der Waals surface area contributed by atoms with Crippen LogP contribution < -0.4 is 10.6 Å². The Balaban J connectivity index is 1.72. The van der Waals surface area contributed by atoms with Crippen LogP contribution in [-0.4, -0.2) is 36.5 Å². The fourth-order valence-electron chi connectivity index (χ4n) is 2.97. The van der Waals surface area contributed by atoms with Crippen molar-refractivity contribution >= 4 is 23.5 Å². The van der Waals surface area contributed by atoms with Crippen molar-refractivity contribution in [2.45, 2.75) is 6.42 Å². The zero-order valence-electron chi connectivity index (χ0n) is 16.9. The maximum Gasteiger partial charge on any atom is 0.325 e. The maximum absolute atomic E-state index is 12.7. The maximum atomic E-state index is 12.7. The monoisotopic (exact) mass is 418 g/mol. The van der Waals surface area contributed by atoms with Crippen LogP contribution in [-0.2, 0) is 16.0 Å². The molecule has 0 unspecified atom stereocenters. The molecule has 31 heavy (non-hydrogen) atoms. The Labute approximate surface area is 179 Å². The number of amides is 2. The molecule has 0 aromatic heterocycles. The minimum Gasteiger partial charge on any atom is -0.507 e. The number of phenolic OH excluding ortho intramolecular Hbond substituents is 1. The third kappa shape index (κ3) is 5.93. The summed E-state index contributed by atoms with van der Waals surface area (Å²) >= 11 is 0. The summed E-state index contributed by atoms with van der Waals surface area (Å²) in [4.78, 5) is 36.1. The van der Waals surface area contributed by atoms with Gasteiger partial charge in [0.05, 0.1) is 12.7 Å². The SMILES string of the molecule is COC(=O)CNC(=O)c1cccc(NC(=O)c2cc(Cc3ccccc3)ccc2O)c1. The molecule has 3 aromatic rings. The quantitative estimate of drug-likeness (QED) is 0.512. The van der Waals surface area contributed by atoms with Crippen LogP contribution in [0, 0.1) is 0 Å². The molecule has 7 nitrogen and oxygen atoms in total. The Bertz CT molecular complexity index is 1100. The highest BCUT2D eigenvalue weighted by Gasteiger charge is 2.14. The molecular formula is C24H22N2O5. The van der Waals surface area contributed by atoms with Gasteiger partial charge in [0.1, 0.15) is 12.3 Å². The van der Waals surface area contributed by atoms with E-state index in [1.165, 1.54) is 19.2 Å².